The molecule has 4 heteroatoms. The van der Waals surface area contributed by atoms with Crippen molar-refractivity contribution >= 4 is 0 Å². The van der Waals surface area contributed by atoms with Gasteiger partial charge in [0.15, 0.2) is 0 Å². The van der Waals surface area contributed by atoms with Crippen LogP contribution >= 0.6 is 0 Å². The quantitative estimate of drug-likeness (QED) is 0.378. The Balaban J connectivity index is 2.49. The van der Waals surface area contributed by atoms with Gasteiger partial charge in [0.25, 0.3) is 0 Å². The van der Waals surface area contributed by atoms with Gasteiger partial charge in [0, 0.05) is 13.2 Å². The number of ether oxygens (including phenoxy) is 2. The molecule has 0 spiro atoms. The molecule has 18 heavy (non-hydrogen) atoms. The van der Waals surface area contributed by atoms with Gasteiger partial charge in [-0.3, -0.25) is 11.3 Å². The number of hydrogen-bond acceptors (Lipinski definition) is 4. The van der Waals surface area contributed by atoms with E-state index < -0.39 is 0 Å². The summed E-state index contributed by atoms with van der Waals surface area (Å²) in [6.45, 7) is 6.35. The Kier molecular flexibility index (Phi) is 8.59. The lowest BCUT2D eigenvalue weighted by Crippen LogP contribution is -2.51. The van der Waals surface area contributed by atoms with E-state index in [4.69, 9.17) is 15.3 Å². The Morgan fingerprint density at radius 2 is 1.94 bits per heavy atom. The highest BCUT2D eigenvalue weighted by Crippen LogP contribution is 2.29. The summed E-state index contributed by atoms with van der Waals surface area (Å²) in [6.07, 6.45) is 7.76. The van der Waals surface area contributed by atoms with E-state index >= 15 is 0 Å². The Morgan fingerprint density at radius 3 is 2.50 bits per heavy atom. The zero-order chi connectivity index (χ0) is 13.2. The van der Waals surface area contributed by atoms with E-state index in [9.17, 15) is 0 Å². The first-order valence-electron chi connectivity index (χ1n) is 7.48. The van der Waals surface area contributed by atoms with Crippen molar-refractivity contribution in [3.05, 3.63) is 0 Å². The van der Waals surface area contributed by atoms with Gasteiger partial charge in [-0.15, -0.1) is 0 Å². The third kappa shape index (κ3) is 5.22. The lowest BCUT2D eigenvalue weighted by atomic mass is 9.82. The van der Waals surface area contributed by atoms with Crippen LogP contribution in [0.2, 0.25) is 0 Å². The Labute approximate surface area is 112 Å². The molecule has 0 aromatic carbocycles. The maximum atomic E-state index is 5.94. The minimum Gasteiger partial charge on any atom is -0.380 e. The maximum Gasteiger partial charge on any atom is 0.0791 e. The second-order valence-electron chi connectivity index (χ2n) is 5.17. The summed E-state index contributed by atoms with van der Waals surface area (Å²) in [7, 11) is 0. The van der Waals surface area contributed by atoms with Crippen molar-refractivity contribution in [1.82, 2.24) is 5.43 Å². The topological polar surface area (TPSA) is 56.5 Å². The Bertz CT molecular complexity index is 196. The van der Waals surface area contributed by atoms with E-state index in [1.807, 2.05) is 0 Å². The van der Waals surface area contributed by atoms with Crippen molar-refractivity contribution in [1.29, 1.82) is 0 Å². The van der Waals surface area contributed by atoms with Gasteiger partial charge in [-0.05, 0) is 32.1 Å². The van der Waals surface area contributed by atoms with Crippen LogP contribution in [0.3, 0.4) is 0 Å². The van der Waals surface area contributed by atoms with Crippen LogP contribution in [-0.2, 0) is 9.47 Å². The molecule has 1 fully saturated rings. The summed E-state index contributed by atoms with van der Waals surface area (Å²) < 4.78 is 11.6. The zero-order valence-corrected chi connectivity index (χ0v) is 12.0. The summed E-state index contributed by atoms with van der Waals surface area (Å²) in [6, 6.07) is 0.111. The standard InChI is InChI=1S/C14H30N2O2/c1-3-10-17-11-13(16-15)14(18-4-2)12-8-6-5-7-9-12/h12-14,16H,3-11,15H2,1-2H3. The predicted octanol–water partition coefficient (Wildman–Crippen LogP) is 2.23. The summed E-state index contributed by atoms with van der Waals surface area (Å²) >= 11 is 0. The molecule has 0 aromatic heterocycles. The molecule has 2 atom stereocenters. The van der Waals surface area contributed by atoms with Crippen LogP contribution in [0.5, 0.6) is 0 Å². The number of nitrogens with one attached hydrogen (secondary N) is 1. The molecule has 3 N–H and O–H groups in total. The number of hydrazine groups is 1. The summed E-state index contributed by atoms with van der Waals surface area (Å²) in [4.78, 5) is 0. The van der Waals surface area contributed by atoms with E-state index in [1.165, 1.54) is 32.1 Å². The maximum absolute atomic E-state index is 5.94. The minimum absolute atomic E-state index is 0.111. The fraction of sp³-hybridized carbons (Fsp3) is 1.00. The summed E-state index contributed by atoms with van der Waals surface area (Å²) in [5.41, 5.74) is 2.89. The molecule has 1 aliphatic rings. The van der Waals surface area contributed by atoms with Crippen molar-refractivity contribution in [2.75, 3.05) is 19.8 Å². The summed E-state index contributed by atoms with van der Waals surface area (Å²) in [5.74, 6) is 6.31. The molecule has 0 aromatic rings. The van der Waals surface area contributed by atoms with Crippen molar-refractivity contribution < 1.29 is 9.47 Å². The van der Waals surface area contributed by atoms with Gasteiger partial charge in [-0.25, -0.2) is 0 Å². The van der Waals surface area contributed by atoms with Gasteiger partial charge in [0.05, 0.1) is 18.8 Å². The molecule has 1 rings (SSSR count). The molecule has 0 radical (unpaired) electrons. The van der Waals surface area contributed by atoms with Crippen LogP contribution in [0.1, 0.15) is 52.4 Å². The molecular weight excluding hydrogens is 228 g/mol. The molecule has 1 aliphatic carbocycles. The molecule has 108 valence electrons. The van der Waals surface area contributed by atoms with Crippen molar-refractivity contribution in [3.63, 3.8) is 0 Å². The largest absolute Gasteiger partial charge is 0.380 e. The molecule has 0 heterocycles. The highest BCUT2D eigenvalue weighted by molar-refractivity contribution is 4.83. The van der Waals surface area contributed by atoms with Gasteiger partial charge < -0.3 is 9.47 Å². The van der Waals surface area contributed by atoms with Crippen LogP contribution in [0.15, 0.2) is 0 Å². The van der Waals surface area contributed by atoms with Gasteiger partial charge in [-0.2, -0.15) is 0 Å². The van der Waals surface area contributed by atoms with Crippen LogP contribution in [0.25, 0.3) is 0 Å². The average Bonchev–Trinajstić information content (AvgIpc) is 2.43. The van der Waals surface area contributed by atoms with Crippen LogP contribution in [0, 0.1) is 5.92 Å². The lowest BCUT2D eigenvalue weighted by molar-refractivity contribution is -0.0399. The molecular formula is C14H30N2O2. The molecule has 1 saturated carbocycles. The normalized spacial score (nSPS) is 20.8. The minimum atomic E-state index is 0.111. The summed E-state index contributed by atoms with van der Waals surface area (Å²) in [5, 5.41) is 0. The number of hydrogen-bond donors (Lipinski definition) is 2. The fourth-order valence-electron chi connectivity index (χ4n) is 2.83. The van der Waals surface area contributed by atoms with Gasteiger partial charge in [-0.1, -0.05) is 26.2 Å². The third-order valence-corrected chi connectivity index (χ3v) is 3.73. The van der Waals surface area contributed by atoms with Crippen molar-refractivity contribution in [2.24, 2.45) is 11.8 Å². The number of rotatable bonds is 9. The molecule has 4 nitrogen and oxygen atoms in total. The van der Waals surface area contributed by atoms with Crippen LogP contribution < -0.4 is 11.3 Å². The van der Waals surface area contributed by atoms with Crippen molar-refractivity contribution in [3.8, 4) is 0 Å². The van der Waals surface area contributed by atoms with Gasteiger partial charge in [0.1, 0.15) is 0 Å². The SMILES string of the molecule is CCCOCC(NN)C(OCC)C1CCCCC1. The van der Waals surface area contributed by atoms with Crippen LogP contribution in [0.4, 0.5) is 0 Å². The first-order chi connectivity index (χ1) is 8.83. The lowest BCUT2D eigenvalue weighted by Gasteiger charge is -2.35. The Morgan fingerprint density at radius 1 is 1.22 bits per heavy atom. The van der Waals surface area contributed by atoms with E-state index in [1.54, 1.807) is 0 Å². The molecule has 0 bridgehead atoms. The highest BCUT2D eigenvalue weighted by atomic mass is 16.5. The fourth-order valence-corrected chi connectivity index (χ4v) is 2.83. The first kappa shape index (κ1) is 15.9. The number of nitrogens with two attached hydrogens (primary N) is 1. The van der Waals surface area contributed by atoms with Crippen molar-refractivity contribution in [2.45, 2.75) is 64.5 Å². The van der Waals surface area contributed by atoms with E-state index in [0.717, 1.165) is 19.6 Å². The predicted molar refractivity (Wildman–Crippen MR) is 74.2 cm³/mol. The van der Waals surface area contributed by atoms with Crippen LogP contribution in [-0.4, -0.2) is 32.0 Å². The molecule has 2 unspecified atom stereocenters. The van der Waals surface area contributed by atoms with Gasteiger partial charge >= 0.3 is 0 Å². The second kappa shape index (κ2) is 9.73. The first-order valence-corrected chi connectivity index (χ1v) is 7.48. The average molecular weight is 258 g/mol. The van der Waals surface area contributed by atoms with E-state index in [0.29, 0.717) is 12.5 Å². The molecule has 0 amide bonds. The molecule has 0 aliphatic heterocycles. The van der Waals surface area contributed by atoms with E-state index in [-0.39, 0.29) is 12.1 Å². The second-order valence-corrected chi connectivity index (χ2v) is 5.17. The highest BCUT2D eigenvalue weighted by Gasteiger charge is 2.30. The molecule has 0 saturated heterocycles. The monoisotopic (exact) mass is 258 g/mol. The smallest absolute Gasteiger partial charge is 0.0791 e. The van der Waals surface area contributed by atoms with Gasteiger partial charge in [0.2, 0.25) is 0 Å². The Hall–Kier alpha value is -0.160. The van der Waals surface area contributed by atoms with E-state index in [2.05, 4.69) is 19.3 Å². The zero-order valence-electron chi connectivity index (χ0n) is 12.0. The third-order valence-electron chi connectivity index (χ3n) is 3.73.